The number of hydrogen-bond donors (Lipinski definition) is 6. The summed E-state index contributed by atoms with van der Waals surface area (Å²) in [4.78, 5) is -2.27. The molecule has 0 saturated carbocycles. The Morgan fingerprint density at radius 2 is 1.04 bits per heavy atom. The first kappa shape index (κ1) is 38.5. The minimum absolute atomic E-state index is 0.0243. The number of methoxy groups -OCH3 is 2. The van der Waals surface area contributed by atoms with E-state index in [4.69, 9.17) is 15.2 Å². The summed E-state index contributed by atoms with van der Waals surface area (Å²) >= 11 is 0. The molecule has 0 aliphatic heterocycles. The maximum atomic E-state index is 12.2. The van der Waals surface area contributed by atoms with Crippen molar-refractivity contribution in [2.75, 3.05) is 20.0 Å². The van der Waals surface area contributed by atoms with Gasteiger partial charge in [0, 0.05) is 16.5 Å². The van der Waals surface area contributed by atoms with E-state index in [1.165, 1.54) is 44.6 Å². The molecule has 6 aromatic rings. The lowest BCUT2D eigenvalue weighted by molar-refractivity contribution is 0.415. The van der Waals surface area contributed by atoms with Crippen LogP contribution in [0.3, 0.4) is 0 Å². The molecular weight excluding hydrogens is 783 g/mol. The second kappa shape index (κ2) is 14.2. The van der Waals surface area contributed by atoms with E-state index >= 15 is 0 Å². The zero-order chi connectivity index (χ0) is 40.0. The Balaban J connectivity index is 1.36. The van der Waals surface area contributed by atoms with E-state index in [0.717, 1.165) is 30.3 Å². The van der Waals surface area contributed by atoms with Crippen LogP contribution in [0.15, 0.2) is 120 Å². The fourth-order valence-corrected chi connectivity index (χ4v) is 7.33. The van der Waals surface area contributed by atoms with E-state index in [1.807, 2.05) is 0 Å². The van der Waals surface area contributed by atoms with E-state index in [1.54, 1.807) is 24.3 Å². The zero-order valence-corrected chi connectivity index (χ0v) is 30.6. The van der Waals surface area contributed by atoms with Crippen molar-refractivity contribution in [2.45, 2.75) is 14.7 Å². The molecule has 0 fully saturated rings. The van der Waals surface area contributed by atoms with Crippen LogP contribution in [0.5, 0.6) is 23.0 Å². The number of nitrogen functional groups attached to an aromatic ring is 1. The van der Waals surface area contributed by atoms with Crippen molar-refractivity contribution in [2.24, 2.45) is 20.5 Å². The fourth-order valence-electron chi connectivity index (χ4n) is 5.54. The maximum Gasteiger partial charge on any atom is 0.298 e. The molecule has 0 atom stereocenters. The van der Waals surface area contributed by atoms with Gasteiger partial charge in [-0.1, -0.05) is 18.2 Å². The van der Waals surface area contributed by atoms with Crippen molar-refractivity contribution in [3.63, 3.8) is 0 Å². The maximum absolute atomic E-state index is 12.2. The molecule has 0 aromatic heterocycles. The number of hydrogen-bond acceptors (Lipinski definition) is 15. The standard InChI is InChI=1S/C34H27N5O13S3/c1-51-27-13-17(3-9-25(27)36-38-31-23-8-6-22(53(42,43)44)12-20(23)16-30(34(31)41)55(48,49)50)18-4-10-26(28(14-18)52-2)37-39-32-29(54(45,46)47)15-19-11-21(35)5-7-24(19)33(32)40/h3-16,40-41H,35H2,1-2H3,(H,42,43,44)(H,45,46,47)(H,48,49,50). The summed E-state index contributed by atoms with van der Waals surface area (Å²) in [5, 5.41) is 38.1. The van der Waals surface area contributed by atoms with Crippen LogP contribution in [0.4, 0.5) is 28.4 Å². The predicted molar refractivity (Wildman–Crippen MR) is 198 cm³/mol. The molecule has 7 N–H and O–H groups in total. The molecule has 6 rings (SSSR count). The second-order valence-electron chi connectivity index (χ2n) is 11.6. The van der Waals surface area contributed by atoms with E-state index < -0.39 is 67.9 Å². The van der Waals surface area contributed by atoms with Crippen LogP contribution in [0.25, 0.3) is 32.7 Å². The van der Waals surface area contributed by atoms with Gasteiger partial charge in [0.15, 0.2) is 11.5 Å². The first-order valence-electron chi connectivity index (χ1n) is 15.3. The molecule has 0 saturated heterocycles. The summed E-state index contributed by atoms with van der Waals surface area (Å²) in [5.41, 5.74) is 6.43. The van der Waals surface area contributed by atoms with Gasteiger partial charge in [0.05, 0.1) is 19.1 Å². The molecule has 0 amide bonds. The number of ether oxygens (including phenoxy) is 2. The lowest BCUT2D eigenvalue weighted by atomic mass is 10.0. The van der Waals surface area contributed by atoms with Crippen molar-refractivity contribution in [3.8, 4) is 34.1 Å². The lowest BCUT2D eigenvalue weighted by Crippen LogP contribution is -2.00. The van der Waals surface area contributed by atoms with E-state index in [9.17, 15) is 49.1 Å². The Hall–Kier alpha value is -6.23. The smallest absolute Gasteiger partial charge is 0.298 e. The third-order valence-electron chi connectivity index (χ3n) is 8.16. The minimum atomic E-state index is -5.03. The number of rotatable bonds is 10. The SMILES string of the molecule is COc1cc(-c2ccc(N=Nc3c(O)c(S(=O)(=O)O)cc4cc(S(=O)(=O)O)ccc34)c(OC)c2)ccc1N=Nc1c(S(=O)(=O)O)cc2cc(N)ccc2c1O. The van der Waals surface area contributed by atoms with Gasteiger partial charge in [-0.2, -0.15) is 25.3 Å². The number of nitrogens with two attached hydrogens (primary N) is 1. The van der Waals surface area contributed by atoms with Gasteiger partial charge >= 0.3 is 0 Å². The second-order valence-corrected chi connectivity index (χ2v) is 15.8. The van der Waals surface area contributed by atoms with Crippen molar-refractivity contribution in [1.29, 1.82) is 0 Å². The van der Waals surface area contributed by atoms with Crippen LogP contribution in [-0.2, 0) is 30.4 Å². The average molecular weight is 810 g/mol. The minimum Gasteiger partial charge on any atom is -0.505 e. The number of nitrogens with zero attached hydrogens (tertiary/aromatic N) is 4. The van der Waals surface area contributed by atoms with Crippen molar-refractivity contribution >= 4 is 80.3 Å². The topological polar surface area (TPSA) is 297 Å². The Morgan fingerprint density at radius 1 is 0.527 bits per heavy atom. The molecule has 55 heavy (non-hydrogen) atoms. The summed E-state index contributed by atoms with van der Waals surface area (Å²) in [5.74, 6) is -1.22. The molecule has 0 spiro atoms. The van der Waals surface area contributed by atoms with E-state index in [0.29, 0.717) is 16.8 Å². The monoisotopic (exact) mass is 809 g/mol. The van der Waals surface area contributed by atoms with Gasteiger partial charge in [-0.15, -0.1) is 20.5 Å². The first-order valence-corrected chi connectivity index (χ1v) is 19.6. The Bertz CT molecular complexity index is 2970. The van der Waals surface area contributed by atoms with Crippen LogP contribution >= 0.6 is 0 Å². The number of aromatic hydroxyl groups is 2. The Labute approximate surface area is 312 Å². The predicted octanol–water partition coefficient (Wildman–Crippen LogP) is 7.24. The normalized spacial score (nSPS) is 12.6. The Kier molecular flexibility index (Phi) is 9.94. The van der Waals surface area contributed by atoms with Crippen LogP contribution in [0.1, 0.15) is 0 Å². The summed E-state index contributed by atoms with van der Waals surface area (Å²) in [6.07, 6.45) is 0. The quantitative estimate of drug-likeness (QED) is 0.0451. The van der Waals surface area contributed by atoms with Crippen LogP contribution < -0.4 is 15.2 Å². The number of phenols is 2. The first-order chi connectivity index (χ1) is 25.8. The highest BCUT2D eigenvalue weighted by Gasteiger charge is 2.24. The van der Waals surface area contributed by atoms with E-state index in [2.05, 4.69) is 20.5 Å². The molecule has 0 bridgehead atoms. The number of fused-ring (bicyclic) bond motifs is 2. The molecule has 18 nitrogen and oxygen atoms in total. The molecule has 0 aliphatic rings. The summed E-state index contributed by atoms with van der Waals surface area (Å²) < 4.78 is 112. The van der Waals surface area contributed by atoms with Gasteiger partial charge in [-0.05, 0) is 88.6 Å². The highest BCUT2D eigenvalue weighted by atomic mass is 32.2. The van der Waals surface area contributed by atoms with Crippen molar-refractivity contribution in [1.82, 2.24) is 0 Å². The average Bonchev–Trinajstić information content (AvgIpc) is 3.12. The third-order valence-corrected chi connectivity index (χ3v) is 10.7. The van der Waals surface area contributed by atoms with Crippen LogP contribution in [0, 0.1) is 0 Å². The highest BCUT2D eigenvalue weighted by Crippen LogP contribution is 2.45. The zero-order valence-electron chi connectivity index (χ0n) is 28.2. The number of benzene rings is 6. The number of azo groups is 2. The molecule has 6 aromatic carbocycles. The summed E-state index contributed by atoms with van der Waals surface area (Å²) in [7, 11) is -11.9. The Morgan fingerprint density at radius 3 is 1.56 bits per heavy atom. The largest absolute Gasteiger partial charge is 0.505 e. The third kappa shape index (κ3) is 7.73. The van der Waals surface area contributed by atoms with Gasteiger partial charge in [0.25, 0.3) is 30.4 Å². The van der Waals surface area contributed by atoms with Gasteiger partial charge in [-0.25, -0.2) is 0 Å². The fraction of sp³-hybridized carbons (Fsp3) is 0.0588. The summed E-state index contributed by atoms with van der Waals surface area (Å²) in [6.45, 7) is 0. The van der Waals surface area contributed by atoms with Crippen molar-refractivity contribution < 1.29 is 58.6 Å². The molecule has 0 heterocycles. The molecule has 0 unspecified atom stereocenters. The number of phenolic OH excluding ortho intramolecular Hbond substituents is 2. The molecular formula is C34H27N5O13S3. The van der Waals surface area contributed by atoms with Crippen molar-refractivity contribution in [3.05, 3.63) is 84.9 Å². The number of anilines is 1. The molecule has 0 radical (unpaired) electrons. The lowest BCUT2D eigenvalue weighted by Gasteiger charge is -2.11. The van der Waals surface area contributed by atoms with Gasteiger partial charge in [-0.3, -0.25) is 13.7 Å². The molecule has 284 valence electrons. The highest BCUT2D eigenvalue weighted by molar-refractivity contribution is 7.86. The molecule has 21 heteroatoms. The summed E-state index contributed by atoms with van der Waals surface area (Å²) in [6, 6.07) is 18.7. The van der Waals surface area contributed by atoms with E-state index in [-0.39, 0.29) is 44.4 Å². The van der Waals surface area contributed by atoms with Gasteiger partial charge < -0.3 is 25.4 Å². The van der Waals surface area contributed by atoms with Crippen LogP contribution in [-0.4, -0.2) is 63.3 Å². The van der Waals surface area contributed by atoms with Gasteiger partial charge in [0.2, 0.25) is 0 Å². The van der Waals surface area contributed by atoms with Gasteiger partial charge in [0.1, 0.15) is 44.0 Å². The van der Waals surface area contributed by atoms with Crippen LogP contribution in [0.2, 0.25) is 0 Å². The molecule has 0 aliphatic carbocycles.